The van der Waals surface area contributed by atoms with Crippen LogP contribution in [0.2, 0.25) is 0 Å². The lowest BCUT2D eigenvalue weighted by atomic mass is 10.0. The first-order chi connectivity index (χ1) is 10.4. The molecule has 0 spiro atoms. The molecule has 2 rings (SSSR count). The van der Waals surface area contributed by atoms with E-state index >= 15 is 0 Å². The van der Waals surface area contributed by atoms with Gasteiger partial charge in [-0.2, -0.15) is 5.10 Å². The monoisotopic (exact) mass is 308 g/mol. The van der Waals surface area contributed by atoms with E-state index in [1.54, 1.807) is 4.90 Å². The maximum absolute atomic E-state index is 11.9. The van der Waals surface area contributed by atoms with Gasteiger partial charge in [0.2, 0.25) is 0 Å². The zero-order chi connectivity index (χ0) is 16.2. The molecule has 0 saturated carbocycles. The fourth-order valence-electron chi connectivity index (χ4n) is 2.53. The number of ether oxygens (including phenoxy) is 1. The van der Waals surface area contributed by atoms with Crippen LogP contribution >= 0.6 is 0 Å². The molecule has 124 valence electrons. The Morgan fingerprint density at radius 1 is 1.45 bits per heavy atom. The zero-order valence-electron chi connectivity index (χ0n) is 14.1. The molecule has 0 atom stereocenters. The fourth-order valence-corrected chi connectivity index (χ4v) is 2.53. The Morgan fingerprint density at radius 3 is 2.82 bits per heavy atom. The molecule has 0 aromatic carbocycles. The Bertz CT molecular complexity index is 487. The lowest BCUT2D eigenvalue weighted by Gasteiger charge is -2.39. The van der Waals surface area contributed by atoms with Crippen LogP contribution in [0.3, 0.4) is 0 Å². The van der Waals surface area contributed by atoms with Gasteiger partial charge in [0.05, 0.1) is 6.20 Å². The van der Waals surface area contributed by atoms with Crippen LogP contribution in [-0.2, 0) is 17.7 Å². The highest BCUT2D eigenvalue weighted by Gasteiger charge is 2.33. The van der Waals surface area contributed by atoms with Crippen molar-refractivity contribution in [1.82, 2.24) is 20.0 Å². The van der Waals surface area contributed by atoms with Crippen LogP contribution in [0.5, 0.6) is 0 Å². The van der Waals surface area contributed by atoms with Crippen molar-refractivity contribution in [3.8, 4) is 0 Å². The number of aromatic nitrogens is 2. The van der Waals surface area contributed by atoms with Crippen LogP contribution < -0.4 is 5.32 Å². The number of nitrogens with zero attached hydrogens (tertiary/aromatic N) is 3. The van der Waals surface area contributed by atoms with Crippen LogP contribution in [0.25, 0.3) is 0 Å². The van der Waals surface area contributed by atoms with Crippen molar-refractivity contribution in [3.05, 3.63) is 18.0 Å². The molecule has 0 aliphatic carbocycles. The van der Waals surface area contributed by atoms with E-state index in [4.69, 9.17) is 4.74 Å². The van der Waals surface area contributed by atoms with Crippen LogP contribution in [-0.4, -0.2) is 53.1 Å². The van der Waals surface area contributed by atoms with Gasteiger partial charge in [0.15, 0.2) is 0 Å². The van der Waals surface area contributed by atoms with E-state index in [2.05, 4.69) is 16.6 Å². The van der Waals surface area contributed by atoms with Gasteiger partial charge in [0.25, 0.3) is 0 Å². The number of hydrogen-bond donors (Lipinski definition) is 1. The van der Waals surface area contributed by atoms with Crippen molar-refractivity contribution in [2.45, 2.75) is 45.8 Å². The second kappa shape index (κ2) is 7.13. The summed E-state index contributed by atoms with van der Waals surface area (Å²) in [6, 6.07) is 0. The van der Waals surface area contributed by atoms with E-state index in [0.29, 0.717) is 5.92 Å². The number of nitrogens with one attached hydrogen (secondary N) is 1. The number of carbonyl (C=O) groups excluding carboxylic acids is 1. The second-order valence-corrected chi connectivity index (χ2v) is 7.03. The smallest absolute Gasteiger partial charge is 0.410 e. The average Bonchev–Trinajstić information content (AvgIpc) is 2.79. The summed E-state index contributed by atoms with van der Waals surface area (Å²) in [5.41, 5.74) is 0.852. The van der Waals surface area contributed by atoms with Crippen molar-refractivity contribution in [2.24, 2.45) is 5.92 Å². The summed E-state index contributed by atoms with van der Waals surface area (Å²) in [5.74, 6) is 0.470. The molecule has 1 aromatic rings. The summed E-state index contributed by atoms with van der Waals surface area (Å²) < 4.78 is 7.35. The molecule has 1 aliphatic rings. The lowest BCUT2D eigenvalue weighted by molar-refractivity contribution is -0.00383. The Balaban J connectivity index is 1.70. The van der Waals surface area contributed by atoms with Crippen molar-refractivity contribution >= 4 is 6.09 Å². The SMILES string of the molecule is CNCCCc1cnn(CC2CN(C(=O)OC(C)(C)C)C2)c1. The molecule has 0 radical (unpaired) electrons. The third-order valence-electron chi connectivity index (χ3n) is 3.63. The first-order valence-corrected chi connectivity index (χ1v) is 8.01. The molecule has 6 heteroatoms. The second-order valence-electron chi connectivity index (χ2n) is 7.03. The summed E-state index contributed by atoms with van der Waals surface area (Å²) in [4.78, 5) is 13.6. The summed E-state index contributed by atoms with van der Waals surface area (Å²) in [6.07, 6.45) is 6.02. The number of rotatable bonds is 6. The number of aryl methyl sites for hydroxylation is 1. The first kappa shape index (κ1) is 16.8. The van der Waals surface area contributed by atoms with Gasteiger partial charge in [-0.3, -0.25) is 4.68 Å². The third kappa shape index (κ3) is 5.02. The fraction of sp³-hybridized carbons (Fsp3) is 0.750. The average molecular weight is 308 g/mol. The van der Waals surface area contributed by atoms with Crippen molar-refractivity contribution in [2.75, 3.05) is 26.7 Å². The predicted octanol–water partition coefficient (Wildman–Crippen LogP) is 1.90. The number of hydrogen-bond acceptors (Lipinski definition) is 4. The van der Waals surface area contributed by atoms with Gasteiger partial charge < -0.3 is 15.0 Å². The van der Waals surface area contributed by atoms with Crippen LogP contribution in [0.15, 0.2) is 12.4 Å². The minimum Gasteiger partial charge on any atom is -0.444 e. The van der Waals surface area contributed by atoms with E-state index in [-0.39, 0.29) is 6.09 Å². The number of likely N-dealkylation sites (tertiary alicyclic amines) is 1. The summed E-state index contributed by atoms with van der Waals surface area (Å²) >= 11 is 0. The number of amides is 1. The molecule has 1 amide bonds. The van der Waals surface area contributed by atoms with Gasteiger partial charge in [0.1, 0.15) is 5.60 Å². The molecule has 1 aromatic heterocycles. The van der Waals surface area contributed by atoms with E-state index in [1.807, 2.05) is 38.7 Å². The van der Waals surface area contributed by atoms with Gasteiger partial charge in [0, 0.05) is 31.7 Å². The molecule has 1 saturated heterocycles. The molecule has 1 aliphatic heterocycles. The molecule has 0 bridgehead atoms. The Hall–Kier alpha value is -1.56. The van der Waals surface area contributed by atoms with E-state index in [0.717, 1.165) is 39.0 Å². The summed E-state index contributed by atoms with van der Waals surface area (Å²) in [6.45, 7) is 9.07. The summed E-state index contributed by atoms with van der Waals surface area (Å²) in [7, 11) is 1.97. The van der Waals surface area contributed by atoms with Gasteiger partial charge in [-0.25, -0.2) is 4.79 Å². The maximum Gasteiger partial charge on any atom is 0.410 e. The standard InChI is InChI=1S/C16H28N4O2/c1-16(2,3)22-15(21)19-9-14(10-19)12-20-11-13(8-18-20)6-5-7-17-4/h8,11,14,17H,5-7,9-10,12H2,1-4H3. The van der Waals surface area contributed by atoms with Gasteiger partial charge in [-0.1, -0.05) is 0 Å². The van der Waals surface area contributed by atoms with Crippen LogP contribution in [0.4, 0.5) is 4.79 Å². The molecule has 0 unspecified atom stereocenters. The van der Waals surface area contributed by atoms with Crippen molar-refractivity contribution in [3.63, 3.8) is 0 Å². The Labute approximate surface area is 132 Å². The molecule has 2 heterocycles. The summed E-state index contributed by atoms with van der Waals surface area (Å²) in [5, 5.41) is 7.56. The largest absolute Gasteiger partial charge is 0.444 e. The normalized spacial score (nSPS) is 15.7. The van der Waals surface area contributed by atoms with Crippen LogP contribution in [0.1, 0.15) is 32.8 Å². The molecular formula is C16H28N4O2. The Morgan fingerprint density at radius 2 is 2.18 bits per heavy atom. The van der Waals surface area contributed by atoms with E-state index < -0.39 is 5.60 Å². The molecule has 1 fully saturated rings. The van der Waals surface area contributed by atoms with Gasteiger partial charge >= 0.3 is 6.09 Å². The van der Waals surface area contributed by atoms with Gasteiger partial charge in [-0.15, -0.1) is 0 Å². The minimum absolute atomic E-state index is 0.211. The Kier molecular flexibility index (Phi) is 5.45. The van der Waals surface area contributed by atoms with Crippen LogP contribution in [0, 0.1) is 5.92 Å². The molecule has 6 nitrogen and oxygen atoms in total. The van der Waals surface area contributed by atoms with E-state index in [1.165, 1.54) is 5.56 Å². The highest BCUT2D eigenvalue weighted by molar-refractivity contribution is 5.69. The highest BCUT2D eigenvalue weighted by atomic mass is 16.6. The quantitative estimate of drug-likeness (QED) is 0.816. The van der Waals surface area contributed by atoms with E-state index in [9.17, 15) is 4.79 Å². The van der Waals surface area contributed by atoms with Crippen molar-refractivity contribution in [1.29, 1.82) is 0 Å². The minimum atomic E-state index is -0.424. The number of carbonyl (C=O) groups is 1. The maximum atomic E-state index is 11.9. The van der Waals surface area contributed by atoms with Crippen molar-refractivity contribution < 1.29 is 9.53 Å². The van der Waals surface area contributed by atoms with Gasteiger partial charge in [-0.05, 0) is 52.8 Å². The predicted molar refractivity (Wildman–Crippen MR) is 85.8 cm³/mol. The first-order valence-electron chi connectivity index (χ1n) is 8.01. The molecule has 1 N–H and O–H groups in total. The highest BCUT2D eigenvalue weighted by Crippen LogP contribution is 2.21. The zero-order valence-corrected chi connectivity index (χ0v) is 14.1. The molecule has 22 heavy (non-hydrogen) atoms. The molecular weight excluding hydrogens is 280 g/mol. The third-order valence-corrected chi connectivity index (χ3v) is 3.63. The lowest BCUT2D eigenvalue weighted by Crippen LogP contribution is -2.52. The topological polar surface area (TPSA) is 59.4 Å².